The maximum Gasteiger partial charge on any atom is 0.153 e. The van der Waals surface area contributed by atoms with Gasteiger partial charge in [-0.1, -0.05) is 6.92 Å². The molecule has 2 aromatic rings. The highest BCUT2D eigenvalue weighted by Gasteiger charge is 2.10. The van der Waals surface area contributed by atoms with E-state index in [0.29, 0.717) is 0 Å². The number of aromatic nitrogens is 4. The molecule has 84 valence electrons. The molecule has 5 heteroatoms. The van der Waals surface area contributed by atoms with E-state index in [1.54, 1.807) is 18.6 Å². The summed E-state index contributed by atoms with van der Waals surface area (Å²) in [6.45, 7) is 3.02. The highest BCUT2D eigenvalue weighted by Crippen LogP contribution is 2.22. The van der Waals surface area contributed by atoms with Crippen molar-refractivity contribution in [1.29, 1.82) is 0 Å². The monoisotopic (exact) mass is 217 g/mol. The molecule has 0 aliphatic heterocycles. The summed E-state index contributed by atoms with van der Waals surface area (Å²) in [7, 11) is 1.84. The van der Waals surface area contributed by atoms with Gasteiger partial charge in [0.1, 0.15) is 5.69 Å². The fourth-order valence-corrected chi connectivity index (χ4v) is 1.63. The Balaban J connectivity index is 2.45. The van der Waals surface area contributed by atoms with Crippen LogP contribution in [-0.2, 0) is 6.54 Å². The SMILES string of the molecule is CCCn1nccc1-c1nccnc1NC. The van der Waals surface area contributed by atoms with Gasteiger partial charge in [0.2, 0.25) is 0 Å². The van der Waals surface area contributed by atoms with Gasteiger partial charge >= 0.3 is 0 Å². The van der Waals surface area contributed by atoms with Crippen LogP contribution >= 0.6 is 0 Å². The van der Waals surface area contributed by atoms with Gasteiger partial charge in [-0.25, -0.2) is 9.97 Å². The second-order valence-electron chi connectivity index (χ2n) is 3.44. The Hall–Kier alpha value is -1.91. The summed E-state index contributed by atoms with van der Waals surface area (Å²) in [6, 6.07) is 1.96. The summed E-state index contributed by atoms with van der Waals surface area (Å²) < 4.78 is 1.95. The van der Waals surface area contributed by atoms with Gasteiger partial charge in [-0.05, 0) is 12.5 Å². The van der Waals surface area contributed by atoms with Gasteiger partial charge in [-0.15, -0.1) is 0 Å². The van der Waals surface area contributed by atoms with Crippen molar-refractivity contribution >= 4 is 5.82 Å². The first kappa shape index (κ1) is 10.6. The van der Waals surface area contributed by atoms with E-state index in [2.05, 4.69) is 27.3 Å². The largest absolute Gasteiger partial charge is 0.371 e. The summed E-state index contributed by atoms with van der Waals surface area (Å²) in [4.78, 5) is 8.59. The van der Waals surface area contributed by atoms with Crippen LogP contribution in [-0.4, -0.2) is 26.8 Å². The van der Waals surface area contributed by atoms with Crippen molar-refractivity contribution in [2.45, 2.75) is 19.9 Å². The first-order valence-corrected chi connectivity index (χ1v) is 5.37. The molecular weight excluding hydrogens is 202 g/mol. The van der Waals surface area contributed by atoms with Crippen LogP contribution < -0.4 is 5.32 Å². The number of hydrogen-bond acceptors (Lipinski definition) is 4. The average Bonchev–Trinajstić information content (AvgIpc) is 2.77. The van der Waals surface area contributed by atoms with Crippen molar-refractivity contribution in [3.05, 3.63) is 24.7 Å². The van der Waals surface area contributed by atoms with E-state index in [1.807, 2.05) is 17.8 Å². The van der Waals surface area contributed by atoms with Gasteiger partial charge in [0.25, 0.3) is 0 Å². The van der Waals surface area contributed by atoms with Crippen LogP contribution in [0, 0.1) is 0 Å². The maximum atomic E-state index is 4.35. The van der Waals surface area contributed by atoms with Crippen molar-refractivity contribution in [1.82, 2.24) is 19.7 Å². The Kier molecular flexibility index (Phi) is 3.14. The molecule has 0 unspecified atom stereocenters. The van der Waals surface area contributed by atoms with E-state index >= 15 is 0 Å². The molecule has 16 heavy (non-hydrogen) atoms. The zero-order valence-electron chi connectivity index (χ0n) is 9.51. The first-order chi connectivity index (χ1) is 7.86. The van der Waals surface area contributed by atoms with Crippen molar-refractivity contribution in [2.75, 3.05) is 12.4 Å². The van der Waals surface area contributed by atoms with Gasteiger partial charge in [0.05, 0.1) is 5.69 Å². The van der Waals surface area contributed by atoms with E-state index < -0.39 is 0 Å². The zero-order chi connectivity index (χ0) is 11.4. The van der Waals surface area contributed by atoms with Gasteiger partial charge in [-0.2, -0.15) is 5.10 Å². The predicted octanol–water partition coefficient (Wildman–Crippen LogP) is 1.79. The Morgan fingerprint density at radius 3 is 2.81 bits per heavy atom. The minimum atomic E-state index is 0.778. The number of rotatable bonds is 4. The van der Waals surface area contributed by atoms with Gasteiger partial charge in [0, 0.05) is 32.2 Å². The molecule has 0 spiro atoms. The third-order valence-corrected chi connectivity index (χ3v) is 2.33. The van der Waals surface area contributed by atoms with Crippen LogP contribution in [0.4, 0.5) is 5.82 Å². The molecule has 0 bridgehead atoms. The molecule has 2 aromatic heterocycles. The third kappa shape index (κ3) is 1.88. The van der Waals surface area contributed by atoms with Crippen LogP contribution in [0.5, 0.6) is 0 Å². The Labute approximate surface area is 94.5 Å². The average molecular weight is 217 g/mol. The molecule has 0 amide bonds. The highest BCUT2D eigenvalue weighted by atomic mass is 15.3. The van der Waals surface area contributed by atoms with Crippen molar-refractivity contribution in [3.8, 4) is 11.4 Å². The fraction of sp³-hybridized carbons (Fsp3) is 0.364. The van der Waals surface area contributed by atoms with E-state index in [9.17, 15) is 0 Å². The molecule has 5 nitrogen and oxygen atoms in total. The van der Waals surface area contributed by atoms with E-state index in [1.165, 1.54) is 0 Å². The van der Waals surface area contributed by atoms with E-state index in [0.717, 1.165) is 30.2 Å². The summed E-state index contributed by atoms with van der Waals surface area (Å²) >= 11 is 0. The topological polar surface area (TPSA) is 55.6 Å². The summed E-state index contributed by atoms with van der Waals surface area (Å²) in [5.74, 6) is 0.778. The molecule has 2 rings (SSSR count). The summed E-state index contributed by atoms with van der Waals surface area (Å²) in [5, 5.41) is 7.32. The Morgan fingerprint density at radius 1 is 1.25 bits per heavy atom. The Morgan fingerprint density at radius 2 is 2.06 bits per heavy atom. The molecule has 2 heterocycles. The molecule has 0 aromatic carbocycles. The number of hydrogen-bond donors (Lipinski definition) is 1. The number of anilines is 1. The smallest absolute Gasteiger partial charge is 0.153 e. The normalized spacial score (nSPS) is 10.4. The second-order valence-corrected chi connectivity index (χ2v) is 3.44. The first-order valence-electron chi connectivity index (χ1n) is 5.37. The molecule has 0 saturated carbocycles. The Bertz CT molecular complexity index is 463. The van der Waals surface area contributed by atoms with Crippen molar-refractivity contribution in [3.63, 3.8) is 0 Å². The van der Waals surface area contributed by atoms with Crippen LogP contribution in [0.3, 0.4) is 0 Å². The third-order valence-electron chi connectivity index (χ3n) is 2.33. The van der Waals surface area contributed by atoms with Crippen molar-refractivity contribution < 1.29 is 0 Å². The molecule has 0 radical (unpaired) electrons. The van der Waals surface area contributed by atoms with Gasteiger partial charge in [-0.3, -0.25) is 4.68 Å². The van der Waals surface area contributed by atoms with Crippen LogP contribution in [0.25, 0.3) is 11.4 Å². The van der Waals surface area contributed by atoms with Crippen LogP contribution in [0.2, 0.25) is 0 Å². The highest BCUT2D eigenvalue weighted by molar-refractivity contribution is 5.67. The van der Waals surface area contributed by atoms with Crippen LogP contribution in [0.15, 0.2) is 24.7 Å². The van der Waals surface area contributed by atoms with E-state index in [-0.39, 0.29) is 0 Å². The molecule has 0 aliphatic carbocycles. The summed E-state index contributed by atoms with van der Waals surface area (Å²) in [5.41, 5.74) is 1.84. The fourth-order valence-electron chi connectivity index (χ4n) is 1.63. The molecule has 0 fully saturated rings. The number of nitrogens with zero attached hydrogens (tertiary/aromatic N) is 4. The lowest BCUT2D eigenvalue weighted by Crippen LogP contribution is -2.04. The maximum absolute atomic E-state index is 4.35. The molecular formula is C11H15N5. The molecule has 1 N–H and O–H groups in total. The lowest BCUT2D eigenvalue weighted by Gasteiger charge is -2.08. The minimum absolute atomic E-state index is 0.778. The lowest BCUT2D eigenvalue weighted by atomic mass is 10.3. The molecule has 0 saturated heterocycles. The molecule has 0 atom stereocenters. The van der Waals surface area contributed by atoms with Gasteiger partial charge < -0.3 is 5.32 Å². The molecule has 0 aliphatic rings. The van der Waals surface area contributed by atoms with Gasteiger partial charge in [0.15, 0.2) is 5.82 Å². The lowest BCUT2D eigenvalue weighted by molar-refractivity contribution is 0.608. The zero-order valence-corrected chi connectivity index (χ0v) is 9.51. The quantitative estimate of drug-likeness (QED) is 0.848. The van der Waals surface area contributed by atoms with Crippen LogP contribution in [0.1, 0.15) is 13.3 Å². The minimum Gasteiger partial charge on any atom is -0.371 e. The van der Waals surface area contributed by atoms with Crippen molar-refractivity contribution in [2.24, 2.45) is 0 Å². The van der Waals surface area contributed by atoms with E-state index in [4.69, 9.17) is 0 Å². The number of nitrogens with one attached hydrogen (secondary N) is 1. The standard InChI is InChI=1S/C11H15N5/c1-3-8-16-9(4-5-15-16)10-11(12-2)14-7-6-13-10/h4-7H,3,8H2,1-2H3,(H,12,14). The summed E-state index contributed by atoms with van der Waals surface area (Å²) in [6.07, 6.45) is 6.21. The second kappa shape index (κ2) is 4.74. The number of aryl methyl sites for hydroxylation is 1. The predicted molar refractivity (Wildman–Crippen MR) is 63.1 cm³/mol.